The van der Waals surface area contributed by atoms with E-state index in [1.165, 1.54) is 25.7 Å². The van der Waals surface area contributed by atoms with E-state index in [1.54, 1.807) is 6.92 Å². The minimum atomic E-state index is -0.291. The molecule has 3 rings (SSSR count). The van der Waals surface area contributed by atoms with Crippen LogP contribution in [-0.4, -0.2) is 16.5 Å². The molecular weight excluding hydrogens is 241 g/mol. The second kappa shape index (κ2) is 5.06. The largest absolute Gasteiger partial charge is 0.368 e. The summed E-state index contributed by atoms with van der Waals surface area (Å²) in [6.45, 7) is 4.56. The predicted octanol–water partition coefficient (Wildman–Crippen LogP) is 3.65. The van der Waals surface area contributed by atoms with E-state index in [-0.39, 0.29) is 5.82 Å². The van der Waals surface area contributed by atoms with Gasteiger partial charge in [0.1, 0.15) is 5.82 Å². The van der Waals surface area contributed by atoms with Crippen molar-refractivity contribution >= 4 is 5.82 Å². The molecule has 3 nitrogen and oxygen atoms in total. The lowest BCUT2D eigenvalue weighted by molar-refractivity contribution is 0.403. The van der Waals surface area contributed by atoms with Crippen molar-refractivity contribution in [2.24, 2.45) is 11.8 Å². The molecule has 2 saturated carbocycles. The lowest BCUT2D eigenvalue weighted by Gasteiger charge is -2.21. The van der Waals surface area contributed by atoms with Gasteiger partial charge in [0.15, 0.2) is 11.6 Å². The second-order valence-corrected chi connectivity index (χ2v) is 6.04. The number of hydrogen-bond donors (Lipinski definition) is 1. The first-order valence-corrected chi connectivity index (χ1v) is 7.47. The van der Waals surface area contributed by atoms with Gasteiger partial charge in [0.25, 0.3) is 0 Å². The van der Waals surface area contributed by atoms with Gasteiger partial charge in [0.2, 0.25) is 0 Å². The van der Waals surface area contributed by atoms with E-state index in [0.717, 1.165) is 30.6 Å². The third-order valence-corrected chi connectivity index (χ3v) is 4.65. The van der Waals surface area contributed by atoms with Crippen LogP contribution in [0.2, 0.25) is 0 Å². The van der Waals surface area contributed by atoms with Gasteiger partial charge in [-0.15, -0.1) is 0 Å². The van der Waals surface area contributed by atoms with Crippen molar-refractivity contribution in [3.63, 3.8) is 0 Å². The summed E-state index contributed by atoms with van der Waals surface area (Å²) in [5.41, 5.74) is 0.478. The predicted molar refractivity (Wildman–Crippen MR) is 73.7 cm³/mol. The molecule has 2 fully saturated rings. The monoisotopic (exact) mass is 263 g/mol. The molecule has 19 heavy (non-hydrogen) atoms. The number of nitrogens with zero attached hydrogens (tertiary/aromatic N) is 2. The summed E-state index contributed by atoms with van der Waals surface area (Å²) in [6, 6.07) is 0. The summed E-state index contributed by atoms with van der Waals surface area (Å²) in [5, 5.41) is 3.09. The Morgan fingerprint density at radius 2 is 2.11 bits per heavy atom. The van der Waals surface area contributed by atoms with Crippen LogP contribution in [0.5, 0.6) is 0 Å². The third kappa shape index (κ3) is 2.33. The van der Waals surface area contributed by atoms with Gasteiger partial charge in [-0.1, -0.05) is 13.3 Å². The molecule has 4 heteroatoms. The molecule has 2 aliphatic rings. The molecular formula is C15H22FN3. The molecule has 1 aromatic rings. The quantitative estimate of drug-likeness (QED) is 0.901. The molecule has 3 atom stereocenters. The van der Waals surface area contributed by atoms with Gasteiger partial charge in [-0.2, -0.15) is 0 Å². The molecule has 1 aromatic heterocycles. The Balaban J connectivity index is 1.87. The van der Waals surface area contributed by atoms with Gasteiger partial charge < -0.3 is 5.32 Å². The van der Waals surface area contributed by atoms with Gasteiger partial charge in [-0.3, -0.25) is 0 Å². The smallest absolute Gasteiger partial charge is 0.186 e. The average Bonchev–Trinajstić information content (AvgIpc) is 3.02. The molecule has 0 radical (unpaired) electrons. The fourth-order valence-corrected chi connectivity index (χ4v) is 3.67. The summed E-state index contributed by atoms with van der Waals surface area (Å²) in [6.07, 6.45) is 6.15. The second-order valence-electron chi connectivity index (χ2n) is 6.04. The lowest BCUT2D eigenvalue weighted by Crippen LogP contribution is -2.16. The van der Waals surface area contributed by atoms with Gasteiger partial charge in [-0.25, -0.2) is 14.4 Å². The Kier molecular flexibility index (Phi) is 3.42. The van der Waals surface area contributed by atoms with Crippen molar-refractivity contribution in [2.75, 3.05) is 11.9 Å². The van der Waals surface area contributed by atoms with Crippen molar-refractivity contribution in [2.45, 2.75) is 51.9 Å². The van der Waals surface area contributed by atoms with Crippen LogP contribution < -0.4 is 5.32 Å². The summed E-state index contributed by atoms with van der Waals surface area (Å²) in [4.78, 5) is 8.89. The summed E-state index contributed by atoms with van der Waals surface area (Å²) in [7, 11) is 0. The van der Waals surface area contributed by atoms with E-state index >= 15 is 0 Å². The van der Waals surface area contributed by atoms with E-state index in [9.17, 15) is 4.39 Å². The fourth-order valence-electron chi connectivity index (χ4n) is 3.67. The van der Waals surface area contributed by atoms with Crippen LogP contribution in [0.4, 0.5) is 10.2 Å². The first kappa shape index (κ1) is 12.8. The van der Waals surface area contributed by atoms with Crippen LogP contribution >= 0.6 is 0 Å². The Labute approximate surface area is 114 Å². The molecule has 0 amide bonds. The van der Waals surface area contributed by atoms with Crippen molar-refractivity contribution in [1.82, 2.24) is 9.97 Å². The molecule has 0 aliphatic heterocycles. The van der Waals surface area contributed by atoms with Crippen molar-refractivity contribution in [3.8, 4) is 0 Å². The molecule has 2 bridgehead atoms. The number of anilines is 1. The number of rotatable bonds is 4. The molecule has 0 aromatic carbocycles. The summed E-state index contributed by atoms with van der Waals surface area (Å²) < 4.78 is 14.0. The van der Waals surface area contributed by atoms with Crippen molar-refractivity contribution in [1.29, 1.82) is 0 Å². The molecule has 1 heterocycles. The molecule has 2 aliphatic carbocycles. The number of nitrogens with one attached hydrogen (secondary N) is 1. The fraction of sp³-hybridized carbons (Fsp3) is 0.733. The molecule has 0 spiro atoms. The van der Waals surface area contributed by atoms with Gasteiger partial charge in [0, 0.05) is 12.5 Å². The molecule has 3 unspecified atom stereocenters. The highest BCUT2D eigenvalue weighted by atomic mass is 19.1. The van der Waals surface area contributed by atoms with Gasteiger partial charge in [-0.05, 0) is 44.4 Å². The van der Waals surface area contributed by atoms with Crippen LogP contribution in [0.25, 0.3) is 0 Å². The Hall–Kier alpha value is -1.19. The minimum Gasteiger partial charge on any atom is -0.368 e. The Morgan fingerprint density at radius 3 is 2.74 bits per heavy atom. The van der Waals surface area contributed by atoms with E-state index < -0.39 is 0 Å². The molecule has 104 valence electrons. The number of hydrogen-bond acceptors (Lipinski definition) is 3. The van der Waals surface area contributed by atoms with Gasteiger partial charge in [0.05, 0.1) is 5.69 Å². The van der Waals surface area contributed by atoms with Crippen molar-refractivity contribution < 1.29 is 4.39 Å². The zero-order valence-corrected chi connectivity index (χ0v) is 11.7. The van der Waals surface area contributed by atoms with Crippen LogP contribution in [0.1, 0.15) is 56.5 Å². The zero-order valence-electron chi connectivity index (χ0n) is 11.7. The maximum absolute atomic E-state index is 14.0. The van der Waals surface area contributed by atoms with Crippen LogP contribution in [-0.2, 0) is 0 Å². The van der Waals surface area contributed by atoms with E-state index in [4.69, 9.17) is 0 Å². The summed E-state index contributed by atoms with van der Waals surface area (Å²) in [5.74, 6) is 3.02. The maximum Gasteiger partial charge on any atom is 0.186 e. The summed E-state index contributed by atoms with van der Waals surface area (Å²) >= 11 is 0. The third-order valence-electron chi connectivity index (χ3n) is 4.65. The normalized spacial score (nSPS) is 28.9. The molecule has 1 N–H and O–H groups in total. The van der Waals surface area contributed by atoms with Crippen LogP contribution in [0.3, 0.4) is 0 Å². The van der Waals surface area contributed by atoms with Gasteiger partial charge >= 0.3 is 0 Å². The van der Waals surface area contributed by atoms with Crippen LogP contribution in [0, 0.1) is 24.6 Å². The number of fused-ring (bicyclic) bond motifs is 2. The Morgan fingerprint density at radius 1 is 1.26 bits per heavy atom. The van der Waals surface area contributed by atoms with E-state index in [1.807, 2.05) is 0 Å². The number of aryl methyl sites for hydroxylation is 1. The first-order valence-electron chi connectivity index (χ1n) is 7.47. The zero-order chi connectivity index (χ0) is 13.4. The standard InChI is InChI=1S/C15H22FN3/c1-3-6-17-15-13(16)9(2)18-14(19-15)12-8-10-4-5-11(12)7-10/h10-12H,3-8H2,1-2H3,(H,17,18,19). The lowest BCUT2D eigenvalue weighted by atomic mass is 9.88. The highest BCUT2D eigenvalue weighted by Gasteiger charge is 2.41. The van der Waals surface area contributed by atoms with E-state index in [0.29, 0.717) is 17.4 Å². The van der Waals surface area contributed by atoms with Crippen LogP contribution in [0.15, 0.2) is 0 Å². The highest BCUT2D eigenvalue weighted by molar-refractivity contribution is 5.38. The minimum absolute atomic E-state index is 0.291. The first-order chi connectivity index (χ1) is 9.19. The van der Waals surface area contributed by atoms with Crippen molar-refractivity contribution in [3.05, 3.63) is 17.3 Å². The highest BCUT2D eigenvalue weighted by Crippen LogP contribution is 2.52. The maximum atomic E-state index is 14.0. The average molecular weight is 263 g/mol. The SMILES string of the molecule is CCCNc1nc(C2CC3CCC2C3)nc(C)c1F. The van der Waals surface area contributed by atoms with E-state index in [2.05, 4.69) is 22.2 Å². The topological polar surface area (TPSA) is 37.8 Å². The molecule has 0 saturated heterocycles. The Bertz CT molecular complexity index is 475. The number of halogens is 1. The number of aromatic nitrogens is 2.